The van der Waals surface area contributed by atoms with Gasteiger partial charge in [-0.15, -0.1) is 0 Å². The van der Waals surface area contributed by atoms with Crippen molar-refractivity contribution in [3.05, 3.63) is 35.9 Å². The lowest BCUT2D eigenvalue weighted by molar-refractivity contribution is 0.153. The van der Waals surface area contributed by atoms with Gasteiger partial charge in [0, 0.05) is 38.4 Å². The van der Waals surface area contributed by atoms with E-state index >= 15 is 0 Å². The van der Waals surface area contributed by atoms with Crippen LogP contribution in [-0.2, 0) is 11.3 Å². The SMILES string of the molecule is COC[C@H](C)N(C)c1nc(N2CCC[C@H](O)C2)nc2nc(-c3ccc(OC)c(CO)c3)ccc12. The van der Waals surface area contributed by atoms with E-state index in [1.807, 2.05) is 42.3 Å². The smallest absolute Gasteiger partial charge is 0.229 e. The monoisotopic (exact) mass is 467 g/mol. The Balaban J connectivity index is 1.82. The number of likely N-dealkylation sites (N-methyl/N-ethyl adjacent to an activating group) is 1. The predicted molar refractivity (Wildman–Crippen MR) is 132 cm³/mol. The van der Waals surface area contributed by atoms with Crippen molar-refractivity contribution in [3.8, 4) is 17.0 Å². The van der Waals surface area contributed by atoms with Crippen LogP contribution in [-0.4, -0.2) is 78.3 Å². The number of hydrogen-bond acceptors (Lipinski definition) is 9. The maximum Gasteiger partial charge on any atom is 0.229 e. The van der Waals surface area contributed by atoms with Crippen molar-refractivity contribution in [2.75, 3.05) is 50.8 Å². The molecule has 3 aromatic rings. The molecule has 3 heterocycles. The number of piperidine rings is 1. The van der Waals surface area contributed by atoms with Crippen LogP contribution in [0.1, 0.15) is 25.3 Å². The fourth-order valence-electron chi connectivity index (χ4n) is 4.31. The number of rotatable bonds is 8. The van der Waals surface area contributed by atoms with Gasteiger partial charge in [0.25, 0.3) is 0 Å². The Morgan fingerprint density at radius 2 is 2.00 bits per heavy atom. The lowest BCUT2D eigenvalue weighted by atomic mass is 10.1. The molecule has 0 bridgehead atoms. The lowest BCUT2D eigenvalue weighted by Gasteiger charge is -2.32. The molecule has 0 radical (unpaired) electrons. The Kier molecular flexibility index (Phi) is 7.45. The van der Waals surface area contributed by atoms with E-state index in [2.05, 4.69) is 11.8 Å². The highest BCUT2D eigenvalue weighted by Crippen LogP contribution is 2.31. The number of nitrogens with zero attached hydrogens (tertiary/aromatic N) is 5. The number of fused-ring (bicyclic) bond motifs is 1. The van der Waals surface area contributed by atoms with E-state index in [4.69, 9.17) is 24.4 Å². The molecule has 0 saturated carbocycles. The van der Waals surface area contributed by atoms with E-state index < -0.39 is 6.10 Å². The third kappa shape index (κ3) is 4.91. The summed E-state index contributed by atoms with van der Waals surface area (Å²) < 4.78 is 10.7. The highest BCUT2D eigenvalue weighted by molar-refractivity contribution is 5.90. The number of ether oxygens (including phenoxy) is 2. The van der Waals surface area contributed by atoms with Crippen molar-refractivity contribution in [1.29, 1.82) is 0 Å². The molecule has 1 aliphatic rings. The Hall–Kier alpha value is -3.01. The summed E-state index contributed by atoms with van der Waals surface area (Å²) in [5.41, 5.74) is 2.88. The third-order valence-corrected chi connectivity index (χ3v) is 6.36. The van der Waals surface area contributed by atoms with Gasteiger partial charge in [0.15, 0.2) is 5.65 Å². The Morgan fingerprint density at radius 3 is 2.71 bits per heavy atom. The van der Waals surface area contributed by atoms with Gasteiger partial charge >= 0.3 is 0 Å². The number of aliphatic hydroxyl groups excluding tert-OH is 2. The molecule has 34 heavy (non-hydrogen) atoms. The van der Waals surface area contributed by atoms with Crippen LogP contribution in [0.5, 0.6) is 5.75 Å². The molecule has 2 N–H and O–H groups in total. The summed E-state index contributed by atoms with van der Waals surface area (Å²) in [6.45, 7) is 3.80. The van der Waals surface area contributed by atoms with Gasteiger partial charge in [-0.3, -0.25) is 0 Å². The molecule has 2 atom stereocenters. The fraction of sp³-hybridized carbons (Fsp3) is 0.480. The zero-order chi connectivity index (χ0) is 24.2. The summed E-state index contributed by atoms with van der Waals surface area (Å²) >= 11 is 0. The molecule has 1 saturated heterocycles. The molecule has 1 aliphatic heterocycles. The number of methoxy groups -OCH3 is 2. The summed E-state index contributed by atoms with van der Waals surface area (Å²) in [5.74, 6) is 1.97. The van der Waals surface area contributed by atoms with Gasteiger partial charge in [-0.25, -0.2) is 4.98 Å². The highest BCUT2D eigenvalue weighted by atomic mass is 16.5. The number of anilines is 2. The maximum absolute atomic E-state index is 10.2. The molecule has 0 spiro atoms. The Labute approximate surface area is 200 Å². The maximum atomic E-state index is 10.2. The van der Waals surface area contributed by atoms with Crippen molar-refractivity contribution in [1.82, 2.24) is 15.0 Å². The second kappa shape index (κ2) is 10.5. The minimum absolute atomic E-state index is 0.0938. The van der Waals surface area contributed by atoms with Gasteiger partial charge in [0.1, 0.15) is 11.6 Å². The molecule has 1 aromatic carbocycles. The van der Waals surface area contributed by atoms with Crippen molar-refractivity contribution < 1.29 is 19.7 Å². The van der Waals surface area contributed by atoms with Gasteiger partial charge < -0.3 is 29.5 Å². The predicted octanol–water partition coefficient (Wildman–Crippen LogP) is 2.62. The van der Waals surface area contributed by atoms with E-state index in [-0.39, 0.29) is 12.6 Å². The number of hydrogen-bond donors (Lipinski definition) is 2. The van der Waals surface area contributed by atoms with Gasteiger partial charge in [-0.2, -0.15) is 9.97 Å². The van der Waals surface area contributed by atoms with E-state index in [0.717, 1.165) is 41.8 Å². The fourth-order valence-corrected chi connectivity index (χ4v) is 4.31. The first-order valence-electron chi connectivity index (χ1n) is 11.6. The van der Waals surface area contributed by atoms with Crippen LogP contribution < -0.4 is 14.5 Å². The molecular weight excluding hydrogens is 434 g/mol. The summed E-state index contributed by atoms with van der Waals surface area (Å²) in [4.78, 5) is 18.7. The van der Waals surface area contributed by atoms with Crippen LogP contribution in [0.3, 0.4) is 0 Å². The van der Waals surface area contributed by atoms with Crippen LogP contribution in [0.4, 0.5) is 11.8 Å². The average molecular weight is 468 g/mol. The largest absolute Gasteiger partial charge is 0.496 e. The molecule has 4 rings (SSSR count). The standard InChI is InChI=1S/C25H33N5O4/c1-16(15-33-3)29(2)24-20-8-9-21(17-7-10-22(34-4)18(12-17)14-31)26-23(20)27-25(28-24)30-11-5-6-19(32)13-30/h7-10,12,16,19,31-32H,5-6,11,13-15H2,1-4H3/t16-,19-/m0/s1. The first-order chi connectivity index (χ1) is 16.4. The molecule has 0 unspecified atom stereocenters. The minimum atomic E-state index is -0.392. The zero-order valence-corrected chi connectivity index (χ0v) is 20.2. The minimum Gasteiger partial charge on any atom is -0.496 e. The molecule has 2 aromatic heterocycles. The summed E-state index contributed by atoms with van der Waals surface area (Å²) in [6.07, 6.45) is 1.28. The summed E-state index contributed by atoms with van der Waals surface area (Å²) in [6, 6.07) is 9.65. The number of β-amino-alcohol motifs (C(OH)–C–C–N with tert-alkyl or cyclic N) is 1. The number of benzene rings is 1. The molecule has 0 amide bonds. The zero-order valence-electron chi connectivity index (χ0n) is 20.2. The van der Waals surface area contributed by atoms with Crippen LogP contribution in [0.15, 0.2) is 30.3 Å². The van der Waals surface area contributed by atoms with Crippen molar-refractivity contribution in [2.24, 2.45) is 0 Å². The van der Waals surface area contributed by atoms with Crippen molar-refractivity contribution in [3.63, 3.8) is 0 Å². The number of aliphatic hydroxyl groups is 2. The van der Waals surface area contributed by atoms with Gasteiger partial charge in [0.2, 0.25) is 5.95 Å². The number of pyridine rings is 1. The third-order valence-electron chi connectivity index (χ3n) is 6.36. The molecular formula is C25H33N5O4. The van der Waals surface area contributed by atoms with Crippen LogP contribution in [0.25, 0.3) is 22.3 Å². The first-order valence-corrected chi connectivity index (χ1v) is 11.6. The van der Waals surface area contributed by atoms with Crippen LogP contribution >= 0.6 is 0 Å². The van der Waals surface area contributed by atoms with E-state index in [1.165, 1.54) is 0 Å². The van der Waals surface area contributed by atoms with Gasteiger partial charge in [0.05, 0.1) is 43.5 Å². The Morgan fingerprint density at radius 1 is 1.18 bits per heavy atom. The average Bonchev–Trinajstić information content (AvgIpc) is 2.86. The molecule has 9 nitrogen and oxygen atoms in total. The first kappa shape index (κ1) is 24.1. The number of aromatic nitrogens is 3. The highest BCUT2D eigenvalue weighted by Gasteiger charge is 2.24. The van der Waals surface area contributed by atoms with Crippen molar-refractivity contribution in [2.45, 2.75) is 38.5 Å². The topological polar surface area (TPSA) is 104 Å². The molecule has 182 valence electrons. The lowest BCUT2D eigenvalue weighted by Crippen LogP contribution is -2.40. The molecule has 9 heteroatoms. The van der Waals surface area contributed by atoms with Crippen LogP contribution in [0, 0.1) is 0 Å². The normalized spacial score (nSPS) is 17.1. The van der Waals surface area contributed by atoms with Crippen molar-refractivity contribution >= 4 is 22.8 Å². The quantitative estimate of drug-likeness (QED) is 0.517. The van der Waals surface area contributed by atoms with Crippen LogP contribution in [0.2, 0.25) is 0 Å². The van der Waals surface area contributed by atoms with Gasteiger partial charge in [-0.1, -0.05) is 0 Å². The van der Waals surface area contributed by atoms with E-state index in [1.54, 1.807) is 14.2 Å². The van der Waals surface area contributed by atoms with Gasteiger partial charge in [-0.05, 0) is 50.1 Å². The Bertz CT molecular complexity index is 1140. The molecule has 1 fully saturated rings. The molecule has 0 aliphatic carbocycles. The second-order valence-electron chi connectivity index (χ2n) is 8.76. The summed E-state index contributed by atoms with van der Waals surface area (Å²) in [7, 11) is 5.26. The summed E-state index contributed by atoms with van der Waals surface area (Å²) in [5, 5.41) is 20.8. The second-order valence-corrected chi connectivity index (χ2v) is 8.76. The van der Waals surface area contributed by atoms with E-state index in [0.29, 0.717) is 36.1 Å². The van der Waals surface area contributed by atoms with E-state index in [9.17, 15) is 10.2 Å².